The molecule has 0 fully saturated rings. The first-order valence-electron chi connectivity index (χ1n) is 7.66. The molecule has 124 valence electrons. The molecule has 1 aromatic carbocycles. The zero-order chi connectivity index (χ0) is 17.4. The number of hydrogen-bond donors (Lipinski definition) is 0. The summed E-state index contributed by atoms with van der Waals surface area (Å²) in [4.78, 5) is 17.1. The number of hydrogen-bond acceptors (Lipinski definition) is 4. The van der Waals surface area contributed by atoms with Crippen LogP contribution in [0.15, 0.2) is 34.8 Å². The predicted octanol–water partition coefficient (Wildman–Crippen LogP) is 4.54. The second kappa shape index (κ2) is 6.36. The first kappa shape index (κ1) is 16.6. The van der Waals surface area contributed by atoms with Crippen molar-refractivity contribution in [3.05, 3.63) is 46.1 Å². The molecule has 2 heterocycles. The number of ether oxygens (including phenoxy) is 1. The monoisotopic (exact) mass is 387 g/mol. The highest BCUT2D eigenvalue weighted by Gasteiger charge is 2.21. The van der Waals surface area contributed by atoms with E-state index < -0.39 is 0 Å². The largest absolute Gasteiger partial charge is 0.465 e. The topological polar surface area (TPSA) is 57.0 Å². The Morgan fingerprint density at radius 2 is 2.04 bits per heavy atom. The van der Waals surface area contributed by atoms with Gasteiger partial charge in [-0.1, -0.05) is 28.1 Å². The summed E-state index contributed by atoms with van der Waals surface area (Å²) in [6, 6.07) is 9.73. The first-order valence-corrected chi connectivity index (χ1v) is 8.45. The van der Waals surface area contributed by atoms with Gasteiger partial charge in [-0.25, -0.2) is 14.5 Å². The van der Waals surface area contributed by atoms with Crippen LogP contribution in [0.2, 0.25) is 0 Å². The van der Waals surface area contributed by atoms with Crippen molar-refractivity contribution in [1.82, 2.24) is 14.8 Å². The van der Waals surface area contributed by atoms with Crippen LogP contribution in [-0.4, -0.2) is 27.8 Å². The highest BCUT2D eigenvalue weighted by atomic mass is 79.9. The van der Waals surface area contributed by atoms with Crippen LogP contribution in [0.4, 0.5) is 0 Å². The van der Waals surface area contributed by atoms with E-state index in [2.05, 4.69) is 21.0 Å². The molecule has 0 spiro atoms. The van der Waals surface area contributed by atoms with Gasteiger partial charge in [0, 0.05) is 16.1 Å². The zero-order valence-corrected chi connectivity index (χ0v) is 15.6. The molecule has 24 heavy (non-hydrogen) atoms. The van der Waals surface area contributed by atoms with Crippen LogP contribution in [0.3, 0.4) is 0 Å². The van der Waals surface area contributed by atoms with E-state index in [0.29, 0.717) is 16.9 Å². The van der Waals surface area contributed by atoms with Gasteiger partial charge in [0.25, 0.3) is 0 Å². The SMILES string of the molecule is COC(=O)c1cc(-c2cccc(Br)c2)nc2c1c(C)nn2C(C)C. The Labute approximate surface area is 148 Å². The van der Waals surface area contributed by atoms with E-state index in [0.717, 1.165) is 21.1 Å². The maximum atomic E-state index is 12.3. The van der Waals surface area contributed by atoms with Crippen molar-refractivity contribution in [2.75, 3.05) is 7.11 Å². The molecule has 0 N–H and O–H groups in total. The van der Waals surface area contributed by atoms with Gasteiger partial charge in [-0.05, 0) is 39.0 Å². The fourth-order valence-corrected chi connectivity index (χ4v) is 3.14. The molecule has 0 saturated heterocycles. The number of pyridine rings is 1. The van der Waals surface area contributed by atoms with Gasteiger partial charge in [0.1, 0.15) is 0 Å². The molecule has 0 unspecified atom stereocenters. The molecule has 0 aliphatic carbocycles. The van der Waals surface area contributed by atoms with Crippen LogP contribution in [0.5, 0.6) is 0 Å². The molecular formula is C18H18BrN3O2. The molecule has 0 radical (unpaired) electrons. The third kappa shape index (κ3) is 2.82. The maximum Gasteiger partial charge on any atom is 0.338 e. The predicted molar refractivity (Wildman–Crippen MR) is 97.1 cm³/mol. The van der Waals surface area contributed by atoms with Crippen molar-refractivity contribution in [3.8, 4) is 11.3 Å². The average molecular weight is 388 g/mol. The molecule has 6 heteroatoms. The van der Waals surface area contributed by atoms with Gasteiger partial charge >= 0.3 is 5.97 Å². The fourth-order valence-electron chi connectivity index (χ4n) is 2.74. The number of aryl methyl sites for hydroxylation is 1. The lowest BCUT2D eigenvalue weighted by Crippen LogP contribution is -2.06. The van der Waals surface area contributed by atoms with Gasteiger partial charge in [-0.2, -0.15) is 5.10 Å². The van der Waals surface area contributed by atoms with Crippen LogP contribution in [-0.2, 0) is 4.74 Å². The summed E-state index contributed by atoms with van der Waals surface area (Å²) in [6.07, 6.45) is 0. The number of benzene rings is 1. The standard InChI is InChI=1S/C18H18BrN3O2/c1-10(2)22-17-16(11(3)21-22)14(18(23)24-4)9-15(20-17)12-6-5-7-13(19)8-12/h5-10H,1-4H3. The van der Waals surface area contributed by atoms with Crippen LogP contribution < -0.4 is 0 Å². The van der Waals surface area contributed by atoms with Crippen molar-refractivity contribution in [2.24, 2.45) is 0 Å². The Hall–Kier alpha value is -2.21. The third-order valence-electron chi connectivity index (χ3n) is 3.85. The second-order valence-corrected chi connectivity index (χ2v) is 6.79. The van der Waals surface area contributed by atoms with Crippen molar-refractivity contribution in [3.63, 3.8) is 0 Å². The van der Waals surface area contributed by atoms with Gasteiger partial charge in [-0.3, -0.25) is 0 Å². The number of methoxy groups -OCH3 is 1. The molecule has 0 aliphatic rings. The summed E-state index contributed by atoms with van der Waals surface area (Å²) in [7, 11) is 1.38. The normalized spacial score (nSPS) is 11.2. The lowest BCUT2D eigenvalue weighted by atomic mass is 10.1. The second-order valence-electron chi connectivity index (χ2n) is 5.88. The minimum atomic E-state index is -0.384. The Bertz CT molecular complexity index is 931. The molecule has 3 aromatic rings. The van der Waals surface area contributed by atoms with Crippen LogP contribution in [0, 0.1) is 6.92 Å². The first-order chi connectivity index (χ1) is 11.4. The van der Waals surface area contributed by atoms with Crippen LogP contribution >= 0.6 is 15.9 Å². The van der Waals surface area contributed by atoms with Crippen molar-refractivity contribution < 1.29 is 9.53 Å². The Balaban J connectivity index is 2.36. The smallest absolute Gasteiger partial charge is 0.338 e. The van der Waals surface area contributed by atoms with Crippen molar-refractivity contribution in [1.29, 1.82) is 0 Å². The van der Waals surface area contributed by atoms with E-state index >= 15 is 0 Å². The molecule has 3 rings (SSSR count). The number of carbonyl (C=O) groups excluding carboxylic acids is 1. The Morgan fingerprint density at radius 3 is 2.67 bits per heavy atom. The van der Waals surface area contributed by atoms with Gasteiger partial charge in [0.05, 0.1) is 29.4 Å². The molecular weight excluding hydrogens is 370 g/mol. The van der Waals surface area contributed by atoms with E-state index in [1.54, 1.807) is 6.07 Å². The van der Waals surface area contributed by atoms with E-state index in [4.69, 9.17) is 9.72 Å². The highest BCUT2D eigenvalue weighted by Crippen LogP contribution is 2.30. The quantitative estimate of drug-likeness (QED) is 0.619. The van der Waals surface area contributed by atoms with E-state index in [1.165, 1.54) is 7.11 Å². The summed E-state index contributed by atoms with van der Waals surface area (Å²) < 4.78 is 7.77. The minimum absolute atomic E-state index is 0.136. The number of rotatable bonds is 3. The summed E-state index contributed by atoms with van der Waals surface area (Å²) in [6.45, 7) is 5.96. The van der Waals surface area contributed by atoms with E-state index in [9.17, 15) is 4.79 Å². The number of esters is 1. The van der Waals surface area contributed by atoms with E-state index in [-0.39, 0.29) is 12.0 Å². The van der Waals surface area contributed by atoms with Crippen LogP contribution in [0.25, 0.3) is 22.3 Å². The molecule has 2 aromatic heterocycles. The summed E-state index contributed by atoms with van der Waals surface area (Å²) >= 11 is 3.48. The Kier molecular flexibility index (Phi) is 4.41. The number of carbonyl (C=O) groups is 1. The number of halogens is 1. The van der Waals surface area contributed by atoms with Gasteiger partial charge in [-0.15, -0.1) is 0 Å². The van der Waals surface area contributed by atoms with Gasteiger partial charge in [0.15, 0.2) is 5.65 Å². The molecule has 0 amide bonds. The lowest BCUT2D eigenvalue weighted by Gasteiger charge is -2.10. The minimum Gasteiger partial charge on any atom is -0.465 e. The molecule has 0 atom stereocenters. The Morgan fingerprint density at radius 1 is 1.29 bits per heavy atom. The van der Waals surface area contributed by atoms with E-state index in [1.807, 2.05) is 49.7 Å². The summed E-state index contributed by atoms with van der Waals surface area (Å²) in [5.41, 5.74) is 3.59. The molecule has 5 nitrogen and oxygen atoms in total. The van der Waals surface area contributed by atoms with Crippen molar-refractivity contribution in [2.45, 2.75) is 26.8 Å². The van der Waals surface area contributed by atoms with Crippen molar-refractivity contribution >= 4 is 32.9 Å². The van der Waals surface area contributed by atoms with Crippen LogP contribution in [0.1, 0.15) is 35.9 Å². The maximum absolute atomic E-state index is 12.3. The number of aromatic nitrogens is 3. The molecule has 0 saturated carbocycles. The number of nitrogens with zero attached hydrogens (tertiary/aromatic N) is 3. The van der Waals surface area contributed by atoms with Gasteiger partial charge in [0.2, 0.25) is 0 Å². The molecule has 0 aliphatic heterocycles. The zero-order valence-electron chi connectivity index (χ0n) is 14.0. The lowest BCUT2D eigenvalue weighted by molar-refractivity contribution is 0.0603. The average Bonchev–Trinajstić information content (AvgIpc) is 2.90. The van der Waals surface area contributed by atoms with Gasteiger partial charge < -0.3 is 4.74 Å². The summed E-state index contributed by atoms with van der Waals surface area (Å²) in [5, 5.41) is 5.30. The fraction of sp³-hybridized carbons (Fsp3) is 0.278. The summed E-state index contributed by atoms with van der Waals surface area (Å²) in [5.74, 6) is -0.384. The number of fused-ring (bicyclic) bond motifs is 1. The molecule has 0 bridgehead atoms. The third-order valence-corrected chi connectivity index (χ3v) is 4.34. The highest BCUT2D eigenvalue weighted by molar-refractivity contribution is 9.10.